The molecule has 7 heteroatoms. The third-order valence-corrected chi connectivity index (χ3v) is 3.34. The Morgan fingerprint density at radius 3 is 2.78 bits per heavy atom. The van der Waals surface area contributed by atoms with Crippen molar-refractivity contribution in [1.29, 1.82) is 0 Å². The largest absolute Gasteiger partial charge is 0.481 e. The molecular formula is C16H13NO6. The highest BCUT2D eigenvalue weighted by atomic mass is 16.6. The number of esters is 1. The van der Waals surface area contributed by atoms with E-state index in [-0.39, 0.29) is 19.1 Å². The molecule has 1 heterocycles. The summed E-state index contributed by atoms with van der Waals surface area (Å²) in [5.41, 5.74) is 0.423. The molecule has 0 spiro atoms. The normalized spacial score (nSPS) is 10.8. The van der Waals surface area contributed by atoms with Gasteiger partial charge in [-0.15, -0.1) is 0 Å². The van der Waals surface area contributed by atoms with Gasteiger partial charge in [0.2, 0.25) is 0 Å². The van der Waals surface area contributed by atoms with E-state index in [1.165, 1.54) is 6.07 Å². The average Bonchev–Trinajstić information content (AvgIpc) is 2.98. The van der Waals surface area contributed by atoms with E-state index in [1.807, 2.05) is 6.07 Å². The van der Waals surface area contributed by atoms with Gasteiger partial charge in [-0.05, 0) is 30.5 Å². The Hall–Kier alpha value is -3.09. The fraction of sp³-hybridized carbons (Fsp3) is 0.188. The van der Waals surface area contributed by atoms with Gasteiger partial charge in [0.15, 0.2) is 6.61 Å². The van der Waals surface area contributed by atoms with Gasteiger partial charge >= 0.3 is 11.9 Å². The topological polar surface area (TPSA) is 91.8 Å². The number of rotatable bonds is 5. The van der Waals surface area contributed by atoms with Crippen molar-refractivity contribution in [3.63, 3.8) is 0 Å². The van der Waals surface area contributed by atoms with Crippen LogP contribution in [0.2, 0.25) is 0 Å². The van der Waals surface area contributed by atoms with Crippen LogP contribution >= 0.6 is 0 Å². The van der Waals surface area contributed by atoms with Gasteiger partial charge < -0.3 is 13.9 Å². The minimum atomic E-state index is -0.576. The second-order valence-electron chi connectivity index (χ2n) is 4.76. The molecule has 3 rings (SSSR count). The van der Waals surface area contributed by atoms with Gasteiger partial charge in [0.05, 0.1) is 12.7 Å². The zero-order chi connectivity index (χ0) is 16.4. The molecule has 0 atom stereocenters. The Morgan fingerprint density at radius 1 is 1.22 bits per heavy atom. The van der Waals surface area contributed by atoms with Crippen LogP contribution in [0.1, 0.15) is 6.92 Å². The molecule has 0 radical (unpaired) electrons. The third kappa shape index (κ3) is 2.80. The quantitative estimate of drug-likeness (QED) is 0.407. The number of hydrogen-bond donors (Lipinski definition) is 0. The number of ether oxygens (including phenoxy) is 2. The highest BCUT2D eigenvalue weighted by Gasteiger charge is 2.16. The lowest BCUT2D eigenvalue weighted by atomic mass is 10.1. The molecule has 0 aliphatic carbocycles. The van der Waals surface area contributed by atoms with E-state index in [9.17, 15) is 14.9 Å². The molecule has 2 aromatic carbocycles. The van der Waals surface area contributed by atoms with Crippen molar-refractivity contribution < 1.29 is 23.6 Å². The predicted octanol–water partition coefficient (Wildman–Crippen LogP) is 3.44. The van der Waals surface area contributed by atoms with Crippen LogP contribution < -0.4 is 4.74 Å². The number of fused-ring (bicyclic) bond motifs is 3. The van der Waals surface area contributed by atoms with Crippen LogP contribution in [0.3, 0.4) is 0 Å². The summed E-state index contributed by atoms with van der Waals surface area (Å²) in [6.45, 7) is 1.81. The summed E-state index contributed by atoms with van der Waals surface area (Å²) in [7, 11) is 0. The highest BCUT2D eigenvalue weighted by Crippen LogP contribution is 2.35. The minimum Gasteiger partial charge on any atom is -0.481 e. The molecule has 7 nitrogen and oxygen atoms in total. The van der Waals surface area contributed by atoms with Crippen LogP contribution in [0.4, 0.5) is 5.88 Å². The summed E-state index contributed by atoms with van der Waals surface area (Å²) in [5.74, 6) is -0.267. The fourth-order valence-electron chi connectivity index (χ4n) is 2.39. The Morgan fingerprint density at radius 2 is 2.04 bits per heavy atom. The summed E-state index contributed by atoms with van der Waals surface area (Å²) in [6.07, 6.45) is 0. The van der Waals surface area contributed by atoms with E-state index in [0.29, 0.717) is 16.7 Å². The van der Waals surface area contributed by atoms with Crippen molar-refractivity contribution in [2.75, 3.05) is 13.2 Å². The first-order chi connectivity index (χ1) is 11.1. The SMILES string of the molecule is CCOC(=O)COc1cccc2c1ccc1oc([N+](=O)[O-])cc12. The first-order valence-electron chi connectivity index (χ1n) is 6.98. The molecule has 0 N–H and O–H groups in total. The van der Waals surface area contributed by atoms with E-state index >= 15 is 0 Å². The number of furan rings is 1. The summed E-state index contributed by atoms with van der Waals surface area (Å²) in [5, 5.41) is 13.0. The lowest BCUT2D eigenvalue weighted by molar-refractivity contribution is -0.401. The molecular weight excluding hydrogens is 302 g/mol. The van der Waals surface area contributed by atoms with Crippen LogP contribution in [-0.4, -0.2) is 24.1 Å². The molecule has 118 valence electrons. The zero-order valence-electron chi connectivity index (χ0n) is 12.3. The summed E-state index contributed by atoms with van der Waals surface area (Å²) < 4.78 is 15.5. The van der Waals surface area contributed by atoms with Gasteiger partial charge in [0, 0.05) is 10.8 Å². The van der Waals surface area contributed by atoms with Crippen molar-refractivity contribution in [3.8, 4) is 5.75 Å². The Kier molecular flexibility index (Phi) is 3.84. The molecule has 0 fully saturated rings. The average molecular weight is 315 g/mol. The van der Waals surface area contributed by atoms with Crippen molar-refractivity contribution in [1.82, 2.24) is 0 Å². The standard InChI is InChI=1S/C16H13NO6/c1-2-21-16(18)9-22-13-5-3-4-10-11(13)6-7-14-12(10)8-15(23-14)17(19)20/h3-8H,2,9H2,1H3. The van der Waals surface area contributed by atoms with Gasteiger partial charge in [-0.25, -0.2) is 4.79 Å². The van der Waals surface area contributed by atoms with Crippen LogP contribution in [-0.2, 0) is 9.53 Å². The number of carbonyl (C=O) groups is 1. The Bertz CT molecular complexity index is 898. The maximum absolute atomic E-state index is 11.4. The molecule has 0 saturated carbocycles. The molecule has 0 aliphatic rings. The van der Waals surface area contributed by atoms with E-state index in [4.69, 9.17) is 13.9 Å². The van der Waals surface area contributed by atoms with E-state index in [2.05, 4.69) is 0 Å². The van der Waals surface area contributed by atoms with Gasteiger partial charge in [0.25, 0.3) is 0 Å². The first-order valence-corrected chi connectivity index (χ1v) is 6.98. The highest BCUT2D eigenvalue weighted by molar-refractivity contribution is 6.08. The lowest BCUT2D eigenvalue weighted by Gasteiger charge is -2.09. The molecule has 1 aromatic heterocycles. The maximum atomic E-state index is 11.4. The van der Waals surface area contributed by atoms with Crippen LogP contribution in [0.25, 0.3) is 21.7 Å². The van der Waals surface area contributed by atoms with Gasteiger partial charge in [-0.3, -0.25) is 10.1 Å². The minimum absolute atomic E-state index is 0.198. The third-order valence-electron chi connectivity index (χ3n) is 3.34. The molecule has 0 unspecified atom stereocenters. The van der Waals surface area contributed by atoms with E-state index in [0.717, 1.165) is 10.8 Å². The van der Waals surface area contributed by atoms with Crippen LogP contribution in [0, 0.1) is 10.1 Å². The Labute approximate surface area is 130 Å². The van der Waals surface area contributed by atoms with Gasteiger partial charge in [0.1, 0.15) is 16.3 Å². The monoisotopic (exact) mass is 315 g/mol. The number of nitro groups is 1. The van der Waals surface area contributed by atoms with E-state index in [1.54, 1.807) is 31.2 Å². The van der Waals surface area contributed by atoms with Gasteiger partial charge in [-0.2, -0.15) is 0 Å². The molecule has 3 aromatic rings. The maximum Gasteiger partial charge on any atom is 0.434 e. The lowest BCUT2D eigenvalue weighted by Crippen LogP contribution is -2.14. The molecule has 0 aliphatic heterocycles. The van der Waals surface area contributed by atoms with Crippen LogP contribution in [0.5, 0.6) is 5.75 Å². The molecule has 23 heavy (non-hydrogen) atoms. The fourth-order valence-corrected chi connectivity index (χ4v) is 2.39. The van der Waals surface area contributed by atoms with Crippen LogP contribution in [0.15, 0.2) is 40.8 Å². The molecule has 0 amide bonds. The van der Waals surface area contributed by atoms with Crippen molar-refractivity contribution in [3.05, 3.63) is 46.5 Å². The Balaban J connectivity index is 2.02. The predicted molar refractivity (Wildman–Crippen MR) is 82.5 cm³/mol. The second-order valence-corrected chi connectivity index (χ2v) is 4.76. The number of hydrogen-bond acceptors (Lipinski definition) is 6. The summed E-state index contributed by atoms with van der Waals surface area (Å²) in [6, 6.07) is 10.1. The second kappa shape index (κ2) is 5.96. The van der Waals surface area contributed by atoms with Crippen molar-refractivity contribution in [2.24, 2.45) is 0 Å². The van der Waals surface area contributed by atoms with Gasteiger partial charge in [-0.1, -0.05) is 12.1 Å². The van der Waals surface area contributed by atoms with Crippen molar-refractivity contribution >= 4 is 33.6 Å². The van der Waals surface area contributed by atoms with Crippen molar-refractivity contribution in [2.45, 2.75) is 6.92 Å². The van der Waals surface area contributed by atoms with E-state index < -0.39 is 10.9 Å². The molecule has 0 saturated heterocycles. The first kappa shape index (κ1) is 14.8. The summed E-state index contributed by atoms with van der Waals surface area (Å²) in [4.78, 5) is 21.7. The summed E-state index contributed by atoms with van der Waals surface area (Å²) >= 11 is 0. The number of nitrogens with zero attached hydrogens (tertiary/aromatic N) is 1. The number of benzene rings is 2. The smallest absolute Gasteiger partial charge is 0.434 e. The number of carbonyl (C=O) groups excluding carboxylic acids is 1. The molecule has 0 bridgehead atoms. The zero-order valence-corrected chi connectivity index (χ0v) is 12.3.